The molecular weight excluding hydrogens is 502 g/mol. The molecule has 10 heteroatoms. The highest BCUT2D eigenvalue weighted by Crippen LogP contribution is 2.26. The van der Waals surface area contributed by atoms with Gasteiger partial charge >= 0.3 is 11.9 Å². The van der Waals surface area contributed by atoms with Crippen LogP contribution in [0, 0.1) is 11.3 Å². The van der Waals surface area contributed by atoms with Crippen LogP contribution in [0.5, 0.6) is 0 Å². The van der Waals surface area contributed by atoms with E-state index in [1.807, 2.05) is 24.3 Å². The third-order valence-corrected chi connectivity index (χ3v) is 6.18. The lowest BCUT2D eigenvalue weighted by atomic mass is 10.0. The minimum Gasteiger partial charge on any atom is -0.481 e. The average molecular weight is 538 g/mol. The number of carbonyl (C=O) groups excluding carboxylic acids is 2. The molecule has 3 rings (SSSR count). The third kappa shape index (κ3) is 10.4. The second kappa shape index (κ2) is 16.1. The molecule has 2 N–H and O–H groups in total. The molecule has 0 radical (unpaired) electrons. The van der Waals surface area contributed by atoms with Crippen molar-refractivity contribution in [2.45, 2.75) is 32.1 Å². The summed E-state index contributed by atoms with van der Waals surface area (Å²) in [5, 5.41) is 22.8. The molecule has 1 fully saturated rings. The zero-order valence-electron chi connectivity index (χ0n) is 22.0. The summed E-state index contributed by atoms with van der Waals surface area (Å²) in [5.41, 5.74) is 2.02. The van der Waals surface area contributed by atoms with Crippen molar-refractivity contribution in [2.75, 3.05) is 57.6 Å². The number of carboxylic acid groups (broad SMARTS) is 1. The molecule has 0 spiro atoms. The summed E-state index contributed by atoms with van der Waals surface area (Å²) >= 11 is 0. The number of fused-ring (bicyclic) bond motifs is 1. The number of hydrogen-bond donors (Lipinski definition) is 2. The fourth-order valence-corrected chi connectivity index (χ4v) is 4.15. The first-order valence-electron chi connectivity index (χ1n) is 13.2. The predicted octanol–water partition coefficient (Wildman–Crippen LogP) is 3.29. The lowest BCUT2D eigenvalue weighted by Gasteiger charge is -2.29. The van der Waals surface area contributed by atoms with Crippen molar-refractivity contribution in [3.63, 3.8) is 0 Å². The van der Waals surface area contributed by atoms with Crippen LogP contribution >= 0.6 is 0 Å². The van der Waals surface area contributed by atoms with Crippen molar-refractivity contribution < 1.29 is 33.7 Å². The van der Waals surface area contributed by atoms with E-state index in [0.717, 1.165) is 29.4 Å². The van der Waals surface area contributed by atoms with Crippen LogP contribution in [0.4, 0.5) is 5.69 Å². The SMILES string of the molecule is N#C/C(=C\c1ccc2cc(N3CCCCC3)ccc2c1)C(=O)NCCOCCOCCOC(=O)CCC(=O)O. The standard InChI is InChI=1S/C29H35N3O7/c30-21-25(29(36)31-10-13-37-14-15-38-16-17-39-28(35)9-8-27(33)34)19-22-4-5-24-20-26(7-6-23(24)18-22)32-11-2-1-3-12-32/h4-7,18-20H,1-3,8-17H2,(H,31,36)(H,33,34)/b25-19+. The molecule has 1 saturated heterocycles. The monoisotopic (exact) mass is 537 g/mol. The Balaban J connectivity index is 1.34. The van der Waals surface area contributed by atoms with Gasteiger partial charge in [0.1, 0.15) is 18.2 Å². The van der Waals surface area contributed by atoms with Crippen LogP contribution in [0.2, 0.25) is 0 Å². The molecule has 0 unspecified atom stereocenters. The molecular formula is C29H35N3O7. The number of ether oxygens (including phenoxy) is 3. The Kier molecular flexibility index (Phi) is 12.2. The van der Waals surface area contributed by atoms with Crippen LogP contribution < -0.4 is 10.2 Å². The van der Waals surface area contributed by atoms with Crippen molar-refractivity contribution >= 4 is 40.4 Å². The van der Waals surface area contributed by atoms with Crippen LogP contribution in [0.15, 0.2) is 42.0 Å². The van der Waals surface area contributed by atoms with Gasteiger partial charge in [-0.15, -0.1) is 0 Å². The van der Waals surface area contributed by atoms with Crippen LogP contribution in [-0.2, 0) is 28.6 Å². The number of carboxylic acids is 1. The number of nitriles is 1. The van der Waals surface area contributed by atoms with Crippen LogP contribution in [0.25, 0.3) is 16.8 Å². The fourth-order valence-electron chi connectivity index (χ4n) is 4.15. The second-order valence-electron chi connectivity index (χ2n) is 9.10. The largest absolute Gasteiger partial charge is 0.481 e. The van der Waals surface area contributed by atoms with E-state index in [9.17, 15) is 19.6 Å². The van der Waals surface area contributed by atoms with E-state index in [1.54, 1.807) is 6.08 Å². The number of esters is 1. The summed E-state index contributed by atoms with van der Waals surface area (Å²) in [7, 11) is 0. The molecule has 0 aromatic heterocycles. The van der Waals surface area contributed by atoms with Gasteiger partial charge in [-0.1, -0.05) is 18.2 Å². The Hall–Kier alpha value is -3.94. The number of rotatable bonds is 15. The van der Waals surface area contributed by atoms with Gasteiger partial charge in [0.05, 0.1) is 39.3 Å². The van der Waals surface area contributed by atoms with Gasteiger partial charge in [0, 0.05) is 25.3 Å². The third-order valence-electron chi connectivity index (χ3n) is 6.18. The molecule has 208 valence electrons. The second-order valence-corrected chi connectivity index (χ2v) is 9.10. The minimum absolute atomic E-state index is 0.0144. The van der Waals surface area contributed by atoms with Crippen LogP contribution in [-0.4, -0.2) is 75.6 Å². The number of nitrogens with zero attached hydrogens (tertiary/aromatic N) is 2. The number of carbonyl (C=O) groups is 3. The first kappa shape index (κ1) is 29.6. The van der Waals surface area contributed by atoms with Crippen LogP contribution in [0.3, 0.4) is 0 Å². The Labute approximate surface area is 228 Å². The van der Waals surface area contributed by atoms with Gasteiger partial charge in [-0.25, -0.2) is 0 Å². The smallest absolute Gasteiger partial charge is 0.306 e. The summed E-state index contributed by atoms with van der Waals surface area (Å²) in [5.74, 6) is -2.11. The summed E-state index contributed by atoms with van der Waals surface area (Å²) in [6.45, 7) is 3.40. The zero-order valence-corrected chi connectivity index (χ0v) is 22.0. The molecule has 10 nitrogen and oxygen atoms in total. The summed E-state index contributed by atoms with van der Waals surface area (Å²) in [6.07, 6.45) is 4.88. The van der Waals surface area contributed by atoms with Gasteiger partial charge in [-0.2, -0.15) is 5.26 Å². The molecule has 1 aliphatic heterocycles. The lowest BCUT2D eigenvalue weighted by molar-refractivity contribution is -0.149. The molecule has 2 aromatic rings. The van der Waals surface area contributed by atoms with E-state index < -0.39 is 17.8 Å². The van der Waals surface area contributed by atoms with Crippen LogP contribution in [0.1, 0.15) is 37.7 Å². The zero-order chi connectivity index (χ0) is 27.9. The molecule has 0 aliphatic carbocycles. The topological polar surface area (TPSA) is 138 Å². The average Bonchev–Trinajstić information content (AvgIpc) is 2.95. The number of aliphatic carboxylic acids is 1. The summed E-state index contributed by atoms with van der Waals surface area (Å²) in [4.78, 5) is 36.5. The van der Waals surface area contributed by atoms with Crippen molar-refractivity contribution in [3.8, 4) is 6.07 Å². The van der Waals surface area contributed by atoms with Gasteiger partial charge in [-0.05, 0) is 59.9 Å². The van der Waals surface area contributed by atoms with E-state index in [4.69, 9.17) is 19.3 Å². The van der Waals surface area contributed by atoms with Gasteiger partial charge in [0.2, 0.25) is 0 Å². The first-order valence-corrected chi connectivity index (χ1v) is 13.2. The molecule has 1 amide bonds. The molecule has 0 bridgehead atoms. The van der Waals surface area contributed by atoms with E-state index in [2.05, 4.69) is 28.4 Å². The van der Waals surface area contributed by atoms with Crippen molar-refractivity contribution in [3.05, 3.63) is 47.5 Å². The highest BCUT2D eigenvalue weighted by molar-refractivity contribution is 6.02. The predicted molar refractivity (Wildman–Crippen MR) is 146 cm³/mol. The van der Waals surface area contributed by atoms with E-state index >= 15 is 0 Å². The molecule has 2 aromatic carbocycles. The highest BCUT2D eigenvalue weighted by Gasteiger charge is 2.12. The number of benzene rings is 2. The molecule has 1 heterocycles. The molecule has 0 atom stereocenters. The van der Waals surface area contributed by atoms with Crippen molar-refractivity contribution in [1.82, 2.24) is 5.32 Å². The van der Waals surface area contributed by atoms with Crippen molar-refractivity contribution in [2.24, 2.45) is 0 Å². The van der Waals surface area contributed by atoms with E-state index in [-0.39, 0.29) is 58.0 Å². The Morgan fingerprint density at radius 2 is 1.62 bits per heavy atom. The van der Waals surface area contributed by atoms with Gasteiger partial charge < -0.3 is 29.5 Å². The highest BCUT2D eigenvalue weighted by atomic mass is 16.6. The fraction of sp³-hybridized carbons (Fsp3) is 0.448. The maximum Gasteiger partial charge on any atom is 0.306 e. The molecule has 1 aliphatic rings. The lowest BCUT2D eigenvalue weighted by Crippen LogP contribution is -2.29. The number of hydrogen-bond acceptors (Lipinski definition) is 8. The number of piperidine rings is 1. The number of amides is 1. The van der Waals surface area contributed by atoms with Gasteiger partial charge in [0.25, 0.3) is 5.91 Å². The maximum absolute atomic E-state index is 12.4. The summed E-state index contributed by atoms with van der Waals surface area (Å²) < 4.78 is 15.5. The quantitative estimate of drug-likeness (QED) is 0.152. The Morgan fingerprint density at radius 3 is 2.36 bits per heavy atom. The maximum atomic E-state index is 12.4. The summed E-state index contributed by atoms with van der Waals surface area (Å²) in [6, 6.07) is 14.3. The molecule has 0 saturated carbocycles. The van der Waals surface area contributed by atoms with Gasteiger partial charge in [0.15, 0.2) is 0 Å². The molecule has 39 heavy (non-hydrogen) atoms. The van der Waals surface area contributed by atoms with Gasteiger partial charge in [-0.3, -0.25) is 14.4 Å². The Bertz CT molecular complexity index is 1200. The van der Waals surface area contributed by atoms with E-state index in [1.165, 1.54) is 24.9 Å². The van der Waals surface area contributed by atoms with E-state index in [0.29, 0.717) is 0 Å². The normalized spacial score (nSPS) is 13.6. The minimum atomic E-state index is -1.05. The number of anilines is 1. The first-order chi connectivity index (χ1) is 19.0. The number of nitrogens with one attached hydrogen (secondary N) is 1. The Morgan fingerprint density at radius 1 is 0.923 bits per heavy atom. The van der Waals surface area contributed by atoms with Crippen molar-refractivity contribution in [1.29, 1.82) is 5.26 Å².